The Labute approximate surface area is 194 Å². The van der Waals surface area contributed by atoms with Gasteiger partial charge in [-0.25, -0.2) is 8.42 Å². The monoisotopic (exact) mass is 475 g/mol. The molecule has 1 fully saturated rings. The van der Waals surface area contributed by atoms with Crippen molar-refractivity contribution in [3.8, 4) is 0 Å². The van der Waals surface area contributed by atoms with E-state index in [1.807, 2.05) is 29.2 Å². The van der Waals surface area contributed by atoms with E-state index in [9.17, 15) is 23.3 Å². The van der Waals surface area contributed by atoms with Gasteiger partial charge in [0.05, 0.1) is 16.4 Å². The molecule has 0 aliphatic carbocycles. The normalized spacial score (nSPS) is 15.2. The molecule has 2 aromatic rings. The number of hydrogen-bond acceptors (Lipinski definition) is 7. The Morgan fingerprint density at radius 1 is 1.06 bits per heavy atom. The highest BCUT2D eigenvalue weighted by Gasteiger charge is 2.30. The molecule has 0 radical (unpaired) electrons. The maximum Gasteiger partial charge on any atom is 0.270 e. The second kappa shape index (κ2) is 10.7. The van der Waals surface area contributed by atoms with Crippen LogP contribution in [0.15, 0.2) is 53.4 Å². The largest absolute Gasteiger partial charge is 0.372 e. The molecule has 1 aliphatic heterocycles. The van der Waals surface area contributed by atoms with Crippen molar-refractivity contribution in [2.45, 2.75) is 18.7 Å². The summed E-state index contributed by atoms with van der Waals surface area (Å²) >= 11 is 0. The first-order valence-electron chi connectivity index (χ1n) is 10.9. The van der Waals surface area contributed by atoms with Crippen molar-refractivity contribution in [2.24, 2.45) is 0 Å². The molecule has 0 unspecified atom stereocenters. The zero-order valence-corrected chi connectivity index (χ0v) is 19.6. The average Bonchev–Trinajstić information content (AvgIpc) is 2.81. The number of carbonyl (C=O) groups excluding carboxylic acids is 1. The van der Waals surface area contributed by atoms with Gasteiger partial charge in [0.1, 0.15) is 0 Å². The van der Waals surface area contributed by atoms with Gasteiger partial charge >= 0.3 is 0 Å². The Kier molecular flexibility index (Phi) is 8.01. The molecule has 33 heavy (non-hydrogen) atoms. The van der Waals surface area contributed by atoms with E-state index in [1.54, 1.807) is 0 Å². The number of nitrogens with one attached hydrogen (secondary N) is 1. The molecule has 1 heterocycles. The van der Waals surface area contributed by atoms with Crippen molar-refractivity contribution in [3.63, 3.8) is 0 Å². The summed E-state index contributed by atoms with van der Waals surface area (Å²) in [5.41, 5.74) is 1.54. The van der Waals surface area contributed by atoms with Crippen LogP contribution in [0.5, 0.6) is 0 Å². The van der Waals surface area contributed by atoms with Gasteiger partial charge in [0.2, 0.25) is 15.9 Å². The molecule has 0 spiro atoms. The van der Waals surface area contributed by atoms with Crippen LogP contribution in [0.25, 0.3) is 0 Å². The number of nitro groups is 1. The van der Waals surface area contributed by atoms with E-state index in [-0.39, 0.29) is 36.1 Å². The summed E-state index contributed by atoms with van der Waals surface area (Å²) in [5.74, 6) is -0.166. The Hall–Kier alpha value is -3.02. The maximum absolute atomic E-state index is 12.9. The van der Waals surface area contributed by atoms with Crippen LogP contribution >= 0.6 is 0 Å². The van der Waals surface area contributed by atoms with Crippen molar-refractivity contribution >= 4 is 33.0 Å². The highest BCUT2D eigenvalue weighted by molar-refractivity contribution is 7.89. The second-order valence-corrected chi connectivity index (χ2v) is 9.64. The number of anilines is 2. The zero-order valence-electron chi connectivity index (χ0n) is 18.8. The molecule has 0 saturated carbocycles. The predicted octanol–water partition coefficient (Wildman–Crippen LogP) is 2.39. The number of benzene rings is 2. The number of rotatable bonds is 9. The third-order valence-electron chi connectivity index (χ3n) is 5.64. The molecule has 0 atom stereocenters. The first-order chi connectivity index (χ1) is 15.7. The number of amides is 1. The molecule has 1 amide bonds. The number of carbonyl (C=O) groups is 1. The molecule has 1 N–H and O–H groups in total. The molecule has 0 aromatic heterocycles. The van der Waals surface area contributed by atoms with Crippen molar-refractivity contribution in [1.29, 1.82) is 0 Å². The summed E-state index contributed by atoms with van der Waals surface area (Å²) in [7, 11) is -3.84. The van der Waals surface area contributed by atoms with Gasteiger partial charge in [0, 0.05) is 62.8 Å². The molecule has 178 valence electrons. The SMILES string of the molecule is CCN(CC)c1ccc(NC(=O)CN2CCN(S(=O)(=O)c3cccc([N+](=O)[O-])c3)CC2)cc1. The maximum atomic E-state index is 12.9. The Morgan fingerprint density at radius 2 is 1.70 bits per heavy atom. The fraction of sp³-hybridized carbons (Fsp3) is 0.409. The third-order valence-corrected chi connectivity index (χ3v) is 7.54. The van der Waals surface area contributed by atoms with Gasteiger partial charge in [-0.3, -0.25) is 19.8 Å². The average molecular weight is 476 g/mol. The summed E-state index contributed by atoms with van der Waals surface area (Å²) in [6.45, 7) is 7.35. The lowest BCUT2D eigenvalue weighted by atomic mass is 10.2. The van der Waals surface area contributed by atoms with Crippen LogP contribution in [0.2, 0.25) is 0 Å². The molecule has 10 nitrogen and oxygen atoms in total. The second-order valence-electron chi connectivity index (χ2n) is 7.70. The fourth-order valence-corrected chi connectivity index (χ4v) is 5.24. The van der Waals surface area contributed by atoms with E-state index in [0.717, 1.165) is 24.8 Å². The minimum Gasteiger partial charge on any atom is -0.372 e. The zero-order chi connectivity index (χ0) is 24.0. The molecule has 1 aliphatic rings. The number of nitro benzene ring substituents is 1. The lowest BCUT2D eigenvalue weighted by Crippen LogP contribution is -2.50. The highest BCUT2D eigenvalue weighted by Crippen LogP contribution is 2.22. The Bertz CT molecular complexity index is 1080. The molecule has 0 bridgehead atoms. The van der Waals surface area contributed by atoms with Crippen molar-refractivity contribution in [3.05, 3.63) is 58.6 Å². The highest BCUT2D eigenvalue weighted by atomic mass is 32.2. The number of non-ortho nitro benzene ring substituents is 1. The van der Waals surface area contributed by atoms with Crippen LogP contribution in [0.4, 0.5) is 17.1 Å². The number of hydrogen-bond donors (Lipinski definition) is 1. The Balaban J connectivity index is 1.53. The summed E-state index contributed by atoms with van der Waals surface area (Å²) in [6.07, 6.45) is 0. The van der Waals surface area contributed by atoms with Crippen molar-refractivity contribution in [1.82, 2.24) is 9.21 Å². The van der Waals surface area contributed by atoms with Crippen LogP contribution in [-0.2, 0) is 14.8 Å². The van der Waals surface area contributed by atoms with Crippen molar-refractivity contribution in [2.75, 3.05) is 56.0 Å². The van der Waals surface area contributed by atoms with Gasteiger partial charge < -0.3 is 10.2 Å². The number of sulfonamides is 1. The Morgan fingerprint density at radius 3 is 2.27 bits per heavy atom. The quantitative estimate of drug-likeness (QED) is 0.437. The molecule has 1 saturated heterocycles. The third kappa shape index (κ3) is 6.06. The standard InChI is InChI=1S/C22H29N5O5S/c1-3-25(4-2)19-10-8-18(9-11-19)23-22(28)17-24-12-14-26(15-13-24)33(31,32)21-7-5-6-20(16-21)27(29)30/h5-11,16H,3-4,12-15,17H2,1-2H3,(H,23,28). The van der Waals surface area contributed by atoms with Crippen LogP contribution < -0.4 is 10.2 Å². The van der Waals surface area contributed by atoms with E-state index in [0.29, 0.717) is 18.8 Å². The summed E-state index contributed by atoms with van der Waals surface area (Å²) < 4.78 is 27.0. The summed E-state index contributed by atoms with van der Waals surface area (Å²) in [4.78, 5) is 26.8. The predicted molar refractivity (Wildman–Crippen MR) is 127 cm³/mol. The van der Waals surface area contributed by atoms with E-state index < -0.39 is 14.9 Å². The number of nitrogens with zero attached hydrogens (tertiary/aromatic N) is 4. The lowest BCUT2D eigenvalue weighted by Gasteiger charge is -2.33. The first kappa shape index (κ1) is 24.6. The molecular formula is C22H29N5O5S. The molecule has 2 aromatic carbocycles. The molecular weight excluding hydrogens is 446 g/mol. The van der Waals surface area contributed by atoms with Crippen LogP contribution in [-0.4, -0.2) is 74.3 Å². The van der Waals surface area contributed by atoms with Gasteiger partial charge in [-0.15, -0.1) is 0 Å². The summed E-state index contributed by atoms with van der Waals surface area (Å²) in [6, 6.07) is 12.7. The van der Waals surface area contributed by atoms with E-state index >= 15 is 0 Å². The van der Waals surface area contributed by atoms with E-state index in [2.05, 4.69) is 24.1 Å². The van der Waals surface area contributed by atoms with Gasteiger partial charge in [0.25, 0.3) is 5.69 Å². The topological polar surface area (TPSA) is 116 Å². The molecule has 11 heteroatoms. The van der Waals surface area contributed by atoms with Gasteiger partial charge in [-0.2, -0.15) is 4.31 Å². The molecule has 3 rings (SSSR count). The number of piperazine rings is 1. The minimum atomic E-state index is -3.84. The fourth-order valence-electron chi connectivity index (χ4n) is 3.78. The van der Waals surface area contributed by atoms with Crippen LogP contribution in [0.3, 0.4) is 0 Å². The van der Waals surface area contributed by atoms with Gasteiger partial charge in [-0.05, 0) is 44.2 Å². The lowest BCUT2D eigenvalue weighted by molar-refractivity contribution is -0.385. The van der Waals surface area contributed by atoms with E-state index in [4.69, 9.17) is 0 Å². The minimum absolute atomic E-state index is 0.101. The van der Waals surface area contributed by atoms with Crippen molar-refractivity contribution < 1.29 is 18.1 Å². The van der Waals surface area contributed by atoms with Gasteiger partial charge in [-0.1, -0.05) is 6.07 Å². The summed E-state index contributed by atoms with van der Waals surface area (Å²) in [5, 5.41) is 13.8. The van der Waals surface area contributed by atoms with Crippen LogP contribution in [0, 0.1) is 10.1 Å². The first-order valence-corrected chi connectivity index (χ1v) is 12.3. The van der Waals surface area contributed by atoms with E-state index in [1.165, 1.54) is 22.5 Å². The van der Waals surface area contributed by atoms with Gasteiger partial charge in [0.15, 0.2) is 0 Å². The van der Waals surface area contributed by atoms with Crippen LogP contribution in [0.1, 0.15) is 13.8 Å². The smallest absolute Gasteiger partial charge is 0.270 e.